The van der Waals surface area contributed by atoms with Gasteiger partial charge in [0.05, 0.1) is 19.4 Å². The van der Waals surface area contributed by atoms with Crippen LogP contribution in [0.5, 0.6) is 11.5 Å². The number of hydrogen-bond donors (Lipinski definition) is 1. The number of thiazole rings is 1. The van der Waals surface area contributed by atoms with Crippen molar-refractivity contribution in [2.24, 2.45) is 0 Å². The minimum Gasteiger partial charge on any atom is -0.493 e. The summed E-state index contributed by atoms with van der Waals surface area (Å²) in [5, 5.41) is 5.32. The van der Waals surface area contributed by atoms with Crippen molar-refractivity contribution in [2.75, 3.05) is 19.0 Å². The molecular formula is C23H24N2O3S. The van der Waals surface area contributed by atoms with Crippen LogP contribution in [0.2, 0.25) is 0 Å². The Morgan fingerprint density at radius 2 is 1.93 bits per heavy atom. The maximum Gasteiger partial charge on any atom is 0.250 e. The number of carbonyl (C=O) groups excluding carboxylic acids is 1. The van der Waals surface area contributed by atoms with Gasteiger partial charge >= 0.3 is 0 Å². The van der Waals surface area contributed by atoms with Gasteiger partial charge in [-0.15, -0.1) is 11.3 Å². The number of aromatic nitrogens is 1. The molecule has 1 amide bonds. The van der Waals surface area contributed by atoms with Crippen molar-refractivity contribution in [1.82, 2.24) is 4.98 Å². The SMILES string of the molecule is CCOc1ccc(C=CC(=O)Nc2nc(-c3ccc(CC)cc3)cs2)cc1OC. The fourth-order valence-electron chi connectivity index (χ4n) is 2.76. The van der Waals surface area contributed by atoms with Gasteiger partial charge in [0.15, 0.2) is 16.6 Å². The lowest BCUT2D eigenvalue weighted by atomic mass is 10.1. The smallest absolute Gasteiger partial charge is 0.250 e. The summed E-state index contributed by atoms with van der Waals surface area (Å²) in [4.78, 5) is 16.8. The second-order valence-corrected chi connectivity index (χ2v) is 7.11. The van der Waals surface area contributed by atoms with Crippen LogP contribution in [-0.2, 0) is 11.2 Å². The number of benzene rings is 2. The number of ether oxygens (including phenoxy) is 2. The molecule has 6 heteroatoms. The van der Waals surface area contributed by atoms with Gasteiger partial charge in [-0.05, 0) is 42.7 Å². The van der Waals surface area contributed by atoms with E-state index in [0.29, 0.717) is 23.2 Å². The lowest BCUT2D eigenvalue weighted by Crippen LogP contribution is -2.07. The molecule has 0 saturated carbocycles. The first kappa shape index (κ1) is 20.6. The first-order valence-electron chi connectivity index (χ1n) is 9.47. The van der Waals surface area contributed by atoms with Crippen LogP contribution < -0.4 is 14.8 Å². The summed E-state index contributed by atoms with van der Waals surface area (Å²) in [5.41, 5.74) is 4.02. The van der Waals surface area contributed by atoms with E-state index in [1.807, 2.05) is 30.5 Å². The number of aryl methyl sites for hydroxylation is 1. The Morgan fingerprint density at radius 3 is 2.62 bits per heavy atom. The van der Waals surface area contributed by atoms with E-state index in [9.17, 15) is 4.79 Å². The Labute approximate surface area is 175 Å². The number of amides is 1. The minimum atomic E-state index is -0.236. The molecule has 0 fully saturated rings. The normalized spacial score (nSPS) is 10.9. The van der Waals surface area contributed by atoms with Crippen LogP contribution in [0.4, 0.5) is 5.13 Å². The van der Waals surface area contributed by atoms with Gasteiger partial charge in [0.2, 0.25) is 5.91 Å². The third kappa shape index (κ3) is 5.45. The van der Waals surface area contributed by atoms with E-state index in [1.54, 1.807) is 13.2 Å². The van der Waals surface area contributed by atoms with Crippen molar-refractivity contribution in [3.63, 3.8) is 0 Å². The van der Waals surface area contributed by atoms with Crippen molar-refractivity contribution in [2.45, 2.75) is 20.3 Å². The van der Waals surface area contributed by atoms with Crippen LogP contribution in [-0.4, -0.2) is 24.6 Å². The Balaban J connectivity index is 1.64. The van der Waals surface area contributed by atoms with Crippen LogP contribution in [0, 0.1) is 0 Å². The third-order valence-corrected chi connectivity index (χ3v) is 5.06. The van der Waals surface area contributed by atoms with E-state index in [4.69, 9.17) is 9.47 Å². The molecule has 0 bridgehead atoms. The molecule has 2 aromatic carbocycles. The molecule has 150 valence electrons. The maximum absolute atomic E-state index is 12.3. The molecule has 1 N–H and O–H groups in total. The average molecular weight is 409 g/mol. The fourth-order valence-corrected chi connectivity index (χ4v) is 3.48. The monoisotopic (exact) mass is 408 g/mol. The van der Waals surface area contributed by atoms with Crippen molar-refractivity contribution in [3.8, 4) is 22.8 Å². The largest absolute Gasteiger partial charge is 0.493 e. The molecule has 0 spiro atoms. The molecule has 0 aliphatic heterocycles. The van der Waals surface area contributed by atoms with Crippen molar-refractivity contribution in [3.05, 3.63) is 65.0 Å². The molecule has 29 heavy (non-hydrogen) atoms. The maximum atomic E-state index is 12.3. The average Bonchev–Trinajstić information content (AvgIpc) is 3.21. The number of nitrogens with one attached hydrogen (secondary N) is 1. The molecule has 3 rings (SSSR count). The zero-order chi connectivity index (χ0) is 20.6. The number of anilines is 1. The van der Waals surface area contributed by atoms with Gasteiger partial charge in [-0.3, -0.25) is 10.1 Å². The first-order valence-corrected chi connectivity index (χ1v) is 10.4. The predicted molar refractivity (Wildman–Crippen MR) is 119 cm³/mol. The van der Waals surface area contributed by atoms with E-state index in [0.717, 1.165) is 23.2 Å². The van der Waals surface area contributed by atoms with E-state index >= 15 is 0 Å². The predicted octanol–water partition coefficient (Wildman–Crippen LogP) is 5.43. The molecule has 0 aliphatic carbocycles. The molecule has 0 saturated heterocycles. The fraction of sp³-hybridized carbons (Fsp3) is 0.217. The van der Waals surface area contributed by atoms with Gasteiger partial charge in [0.25, 0.3) is 0 Å². The van der Waals surface area contributed by atoms with E-state index in [2.05, 4.69) is 41.5 Å². The van der Waals surface area contributed by atoms with Crippen LogP contribution in [0.1, 0.15) is 25.0 Å². The summed E-state index contributed by atoms with van der Waals surface area (Å²) >= 11 is 1.40. The van der Waals surface area contributed by atoms with E-state index in [-0.39, 0.29) is 5.91 Å². The summed E-state index contributed by atoms with van der Waals surface area (Å²) in [6.45, 7) is 4.61. The van der Waals surface area contributed by atoms with Crippen LogP contribution >= 0.6 is 11.3 Å². The molecule has 0 aliphatic rings. The highest BCUT2D eigenvalue weighted by Gasteiger charge is 2.07. The second kappa shape index (κ2) is 9.89. The number of rotatable bonds is 8. The Bertz CT molecular complexity index is 994. The molecule has 0 atom stereocenters. The molecule has 5 nitrogen and oxygen atoms in total. The molecule has 0 unspecified atom stereocenters. The molecule has 1 heterocycles. The van der Waals surface area contributed by atoms with Crippen LogP contribution in [0.15, 0.2) is 53.9 Å². The lowest BCUT2D eigenvalue weighted by molar-refractivity contribution is -0.111. The summed E-state index contributed by atoms with van der Waals surface area (Å²) < 4.78 is 10.8. The van der Waals surface area contributed by atoms with E-state index in [1.165, 1.54) is 23.0 Å². The van der Waals surface area contributed by atoms with Crippen molar-refractivity contribution < 1.29 is 14.3 Å². The van der Waals surface area contributed by atoms with Crippen molar-refractivity contribution in [1.29, 1.82) is 0 Å². The summed E-state index contributed by atoms with van der Waals surface area (Å²) in [5.74, 6) is 1.08. The van der Waals surface area contributed by atoms with Gasteiger partial charge in [0.1, 0.15) is 0 Å². The van der Waals surface area contributed by atoms with Gasteiger partial charge in [-0.1, -0.05) is 37.3 Å². The van der Waals surface area contributed by atoms with Crippen LogP contribution in [0.3, 0.4) is 0 Å². The topological polar surface area (TPSA) is 60.5 Å². The zero-order valence-electron chi connectivity index (χ0n) is 16.8. The summed E-state index contributed by atoms with van der Waals surface area (Å²) in [6.07, 6.45) is 4.21. The molecule has 1 aromatic heterocycles. The number of methoxy groups -OCH3 is 1. The summed E-state index contributed by atoms with van der Waals surface area (Å²) in [7, 11) is 1.59. The van der Waals surface area contributed by atoms with Gasteiger partial charge < -0.3 is 9.47 Å². The Kier molecular flexibility index (Phi) is 7.03. The van der Waals surface area contributed by atoms with Crippen molar-refractivity contribution >= 4 is 28.5 Å². The summed E-state index contributed by atoms with van der Waals surface area (Å²) in [6, 6.07) is 13.8. The molecule has 3 aromatic rings. The number of hydrogen-bond acceptors (Lipinski definition) is 5. The highest BCUT2D eigenvalue weighted by atomic mass is 32.1. The molecule has 0 radical (unpaired) electrons. The first-order chi connectivity index (χ1) is 14.1. The van der Waals surface area contributed by atoms with Crippen LogP contribution in [0.25, 0.3) is 17.3 Å². The van der Waals surface area contributed by atoms with E-state index < -0.39 is 0 Å². The van der Waals surface area contributed by atoms with Gasteiger partial charge in [-0.2, -0.15) is 0 Å². The zero-order valence-corrected chi connectivity index (χ0v) is 17.6. The van der Waals surface area contributed by atoms with Gasteiger partial charge in [0, 0.05) is 17.0 Å². The third-order valence-electron chi connectivity index (χ3n) is 4.31. The Morgan fingerprint density at radius 1 is 1.14 bits per heavy atom. The second-order valence-electron chi connectivity index (χ2n) is 6.25. The lowest BCUT2D eigenvalue weighted by Gasteiger charge is -2.09. The standard InChI is InChI=1S/C23H24N2O3S/c1-4-16-6-10-18(11-7-16)19-15-29-23(24-19)25-22(26)13-9-17-8-12-20(28-5-2)21(14-17)27-3/h6-15H,4-5H2,1-3H3,(H,24,25,26). The quantitative estimate of drug-likeness (QED) is 0.505. The van der Waals surface area contributed by atoms with Gasteiger partial charge in [-0.25, -0.2) is 4.98 Å². The minimum absolute atomic E-state index is 0.236. The highest BCUT2D eigenvalue weighted by Crippen LogP contribution is 2.29. The highest BCUT2D eigenvalue weighted by molar-refractivity contribution is 7.14. The Hall–Kier alpha value is -3.12. The number of nitrogens with zero attached hydrogens (tertiary/aromatic N) is 1. The molecular weight excluding hydrogens is 384 g/mol. The number of carbonyl (C=O) groups is 1.